The monoisotopic (exact) mass is 330 g/mol. The van der Waals surface area contributed by atoms with E-state index >= 15 is 0 Å². The van der Waals surface area contributed by atoms with E-state index in [2.05, 4.69) is 53.0 Å². The van der Waals surface area contributed by atoms with Gasteiger partial charge in [0.25, 0.3) is 0 Å². The molecule has 1 aromatic carbocycles. The molecule has 0 bridgehead atoms. The Hall–Kier alpha value is -1.43. The minimum Gasteiger partial charge on any atom is -0.339 e. The van der Waals surface area contributed by atoms with Crippen LogP contribution in [-0.4, -0.2) is 60.5 Å². The van der Waals surface area contributed by atoms with Crippen molar-refractivity contribution in [1.29, 1.82) is 0 Å². The van der Waals surface area contributed by atoms with Crippen LogP contribution in [0.2, 0.25) is 0 Å². The molecule has 2 unspecified atom stereocenters. The molecule has 2 N–H and O–H groups in total. The van der Waals surface area contributed by atoms with E-state index in [1.165, 1.54) is 5.56 Å². The summed E-state index contributed by atoms with van der Waals surface area (Å²) in [6.45, 7) is 6.93. The predicted molar refractivity (Wildman–Crippen MR) is 96.5 cm³/mol. The number of amides is 1. The highest BCUT2D eigenvalue weighted by Gasteiger charge is 2.32. The van der Waals surface area contributed by atoms with Crippen LogP contribution >= 0.6 is 0 Å². The van der Waals surface area contributed by atoms with Gasteiger partial charge in [0.05, 0.1) is 0 Å². The first-order valence-corrected chi connectivity index (χ1v) is 9.32. The van der Waals surface area contributed by atoms with Gasteiger partial charge in [-0.25, -0.2) is 5.43 Å². The Morgan fingerprint density at radius 1 is 1.12 bits per heavy atom. The van der Waals surface area contributed by atoms with Gasteiger partial charge >= 0.3 is 0 Å². The van der Waals surface area contributed by atoms with Crippen LogP contribution in [0.5, 0.6) is 0 Å². The first-order valence-electron chi connectivity index (χ1n) is 9.32. The van der Waals surface area contributed by atoms with Crippen molar-refractivity contribution in [2.24, 2.45) is 0 Å². The Morgan fingerprint density at radius 2 is 1.88 bits per heavy atom. The quantitative estimate of drug-likeness (QED) is 0.828. The van der Waals surface area contributed by atoms with Gasteiger partial charge < -0.3 is 4.90 Å². The van der Waals surface area contributed by atoms with Crippen molar-refractivity contribution in [3.63, 3.8) is 0 Å². The van der Waals surface area contributed by atoms with E-state index in [-0.39, 0.29) is 11.9 Å². The van der Waals surface area contributed by atoms with E-state index < -0.39 is 0 Å². The lowest BCUT2D eigenvalue weighted by Gasteiger charge is -2.35. The van der Waals surface area contributed by atoms with Gasteiger partial charge in [0, 0.05) is 38.8 Å². The Balaban J connectivity index is 1.39. The number of carbonyl (C=O) groups excluding carboxylic acids is 1. The SMILES string of the molecule is CCCC1CC(C(=O)N2CCN(CCc3ccccc3)CC2)NN1. The largest absolute Gasteiger partial charge is 0.339 e. The van der Waals surface area contributed by atoms with E-state index in [0.717, 1.165) is 58.4 Å². The number of carbonyl (C=O) groups is 1. The molecule has 0 aromatic heterocycles. The molecule has 2 aliphatic heterocycles. The topological polar surface area (TPSA) is 47.6 Å². The Morgan fingerprint density at radius 3 is 2.58 bits per heavy atom. The Kier molecular flexibility index (Phi) is 6.24. The number of benzene rings is 1. The van der Waals surface area contributed by atoms with Gasteiger partial charge in [0.1, 0.15) is 6.04 Å². The summed E-state index contributed by atoms with van der Waals surface area (Å²) in [4.78, 5) is 17.1. The normalized spacial score (nSPS) is 25.1. The molecular formula is C19H30N4O. The molecule has 3 rings (SSSR count). The van der Waals surface area contributed by atoms with Crippen molar-refractivity contribution < 1.29 is 4.79 Å². The standard InChI is InChI=1S/C19H30N4O/c1-2-6-17-15-18(21-20-17)19(24)23-13-11-22(12-14-23)10-9-16-7-4-3-5-8-16/h3-5,7-8,17-18,20-21H,2,6,9-15H2,1H3. The molecule has 0 saturated carbocycles. The Labute approximate surface area is 145 Å². The van der Waals surface area contributed by atoms with Gasteiger partial charge in [0.2, 0.25) is 5.91 Å². The maximum Gasteiger partial charge on any atom is 0.241 e. The molecule has 1 amide bonds. The fraction of sp³-hybridized carbons (Fsp3) is 0.632. The highest BCUT2D eigenvalue weighted by molar-refractivity contribution is 5.82. The highest BCUT2D eigenvalue weighted by Crippen LogP contribution is 2.14. The van der Waals surface area contributed by atoms with E-state index in [1.807, 2.05) is 4.90 Å². The summed E-state index contributed by atoms with van der Waals surface area (Å²) in [6.07, 6.45) is 4.28. The van der Waals surface area contributed by atoms with E-state index in [1.54, 1.807) is 0 Å². The van der Waals surface area contributed by atoms with E-state index in [0.29, 0.717) is 6.04 Å². The zero-order valence-corrected chi connectivity index (χ0v) is 14.7. The van der Waals surface area contributed by atoms with E-state index in [9.17, 15) is 4.79 Å². The summed E-state index contributed by atoms with van der Waals surface area (Å²) >= 11 is 0. The molecule has 1 aromatic rings. The number of hydrogen-bond donors (Lipinski definition) is 2. The zero-order chi connectivity index (χ0) is 16.8. The maximum atomic E-state index is 12.6. The predicted octanol–water partition coefficient (Wildman–Crippen LogP) is 1.41. The fourth-order valence-electron chi connectivity index (χ4n) is 3.67. The minimum atomic E-state index is -0.0441. The molecule has 2 heterocycles. The van der Waals surface area contributed by atoms with Crippen LogP contribution in [0, 0.1) is 0 Å². The molecule has 2 atom stereocenters. The van der Waals surface area contributed by atoms with Crippen LogP contribution in [0.15, 0.2) is 30.3 Å². The molecule has 2 aliphatic rings. The van der Waals surface area contributed by atoms with Gasteiger partial charge in [-0.15, -0.1) is 0 Å². The van der Waals surface area contributed by atoms with Gasteiger partial charge in [0.15, 0.2) is 0 Å². The second kappa shape index (κ2) is 8.60. The third-order valence-corrected chi connectivity index (χ3v) is 5.16. The van der Waals surface area contributed by atoms with Crippen molar-refractivity contribution in [1.82, 2.24) is 20.7 Å². The number of hydrazine groups is 1. The smallest absolute Gasteiger partial charge is 0.241 e. The molecular weight excluding hydrogens is 300 g/mol. The average Bonchev–Trinajstić information content (AvgIpc) is 3.10. The summed E-state index contributed by atoms with van der Waals surface area (Å²) in [6, 6.07) is 11.0. The fourth-order valence-corrected chi connectivity index (χ4v) is 3.67. The van der Waals surface area contributed by atoms with Crippen LogP contribution in [0.4, 0.5) is 0 Å². The molecule has 0 radical (unpaired) electrons. The minimum absolute atomic E-state index is 0.0441. The number of nitrogens with one attached hydrogen (secondary N) is 2. The van der Waals surface area contributed by atoms with Crippen LogP contribution in [0.3, 0.4) is 0 Å². The Bertz CT molecular complexity index is 513. The number of rotatable bonds is 6. The molecule has 24 heavy (non-hydrogen) atoms. The lowest BCUT2D eigenvalue weighted by atomic mass is 10.0. The molecule has 5 heteroatoms. The van der Waals surface area contributed by atoms with Crippen LogP contribution in [-0.2, 0) is 11.2 Å². The summed E-state index contributed by atoms with van der Waals surface area (Å²) in [7, 11) is 0. The molecule has 132 valence electrons. The first kappa shape index (κ1) is 17.4. The first-order chi connectivity index (χ1) is 11.8. The van der Waals surface area contributed by atoms with Crippen LogP contribution < -0.4 is 10.9 Å². The molecule has 2 saturated heterocycles. The number of hydrogen-bond acceptors (Lipinski definition) is 4. The van der Waals surface area contributed by atoms with E-state index in [4.69, 9.17) is 0 Å². The summed E-state index contributed by atoms with van der Waals surface area (Å²) < 4.78 is 0. The van der Waals surface area contributed by atoms with Crippen molar-refractivity contribution in [2.75, 3.05) is 32.7 Å². The van der Waals surface area contributed by atoms with Crippen molar-refractivity contribution in [3.05, 3.63) is 35.9 Å². The van der Waals surface area contributed by atoms with Gasteiger partial charge in [-0.2, -0.15) is 0 Å². The third kappa shape index (κ3) is 4.56. The van der Waals surface area contributed by atoms with Gasteiger partial charge in [-0.1, -0.05) is 43.7 Å². The second-order valence-corrected chi connectivity index (χ2v) is 6.97. The molecule has 5 nitrogen and oxygen atoms in total. The van der Waals surface area contributed by atoms with Crippen LogP contribution in [0.1, 0.15) is 31.7 Å². The lowest BCUT2D eigenvalue weighted by Crippen LogP contribution is -2.53. The molecule has 0 aliphatic carbocycles. The average molecular weight is 330 g/mol. The zero-order valence-electron chi connectivity index (χ0n) is 14.7. The van der Waals surface area contributed by atoms with Gasteiger partial charge in [-0.05, 0) is 24.8 Å². The van der Waals surface area contributed by atoms with Crippen LogP contribution in [0.25, 0.3) is 0 Å². The maximum absolute atomic E-state index is 12.6. The van der Waals surface area contributed by atoms with Crippen molar-refractivity contribution in [3.8, 4) is 0 Å². The molecule has 0 spiro atoms. The number of nitrogens with zero attached hydrogens (tertiary/aromatic N) is 2. The summed E-state index contributed by atoms with van der Waals surface area (Å²) in [5.74, 6) is 0.267. The lowest BCUT2D eigenvalue weighted by molar-refractivity contribution is -0.134. The van der Waals surface area contributed by atoms with Gasteiger partial charge in [-0.3, -0.25) is 15.1 Å². The highest BCUT2D eigenvalue weighted by atomic mass is 16.2. The third-order valence-electron chi connectivity index (χ3n) is 5.16. The van der Waals surface area contributed by atoms with Crippen molar-refractivity contribution >= 4 is 5.91 Å². The number of piperazine rings is 1. The summed E-state index contributed by atoms with van der Waals surface area (Å²) in [5, 5.41) is 0. The van der Waals surface area contributed by atoms with Crippen molar-refractivity contribution in [2.45, 2.75) is 44.7 Å². The second-order valence-electron chi connectivity index (χ2n) is 6.97. The summed E-state index contributed by atoms with van der Waals surface area (Å²) in [5.41, 5.74) is 7.85. The molecule has 2 fully saturated rings.